The van der Waals surface area contributed by atoms with Crippen molar-refractivity contribution < 1.29 is 22.7 Å². The zero-order chi connectivity index (χ0) is 19.1. The molecule has 1 aromatic rings. The zero-order valence-corrected chi connectivity index (χ0v) is 14.3. The number of nitrogens with zero attached hydrogens (tertiary/aromatic N) is 2. The molecule has 1 heterocycles. The number of rotatable bonds is 7. The number of carbonyl (C=O) groups excluding carboxylic acids is 1. The number of carbonyl (C=O) groups is 1. The van der Waals surface area contributed by atoms with E-state index in [9.17, 15) is 18.0 Å². The Labute approximate surface area is 144 Å². The van der Waals surface area contributed by atoms with Crippen molar-refractivity contribution in [2.24, 2.45) is 5.41 Å². The molecule has 0 saturated carbocycles. The summed E-state index contributed by atoms with van der Waals surface area (Å²) in [6, 6.07) is -0.433. The Kier molecular flexibility index (Phi) is 7.08. The predicted molar refractivity (Wildman–Crippen MR) is 86.6 cm³/mol. The van der Waals surface area contributed by atoms with Gasteiger partial charge in [0.2, 0.25) is 5.91 Å². The number of alkyl halides is 3. The van der Waals surface area contributed by atoms with Crippen molar-refractivity contribution in [2.75, 3.05) is 13.2 Å². The highest BCUT2D eigenvalue weighted by atomic mass is 19.4. The normalized spacial score (nSPS) is 12.2. The average molecular weight is 358 g/mol. The van der Waals surface area contributed by atoms with Crippen LogP contribution in [0.1, 0.15) is 32.8 Å². The van der Waals surface area contributed by atoms with E-state index in [-0.39, 0.29) is 22.6 Å². The molecule has 9 heteroatoms. The highest BCUT2D eigenvalue weighted by molar-refractivity contribution is 6.08. The van der Waals surface area contributed by atoms with Gasteiger partial charge in [0, 0.05) is 30.6 Å². The molecule has 1 rings (SSSR count). The van der Waals surface area contributed by atoms with Gasteiger partial charge >= 0.3 is 12.2 Å². The summed E-state index contributed by atoms with van der Waals surface area (Å²) < 4.78 is 40.4. The minimum absolute atomic E-state index is 0.0478. The Balaban J connectivity index is 2.50. The topological polar surface area (TPSA) is 88.0 Å². The predicted octanol–water partition coefficient (Wildman–Crippen LogP) is 2.89. The van der Waals surface area contributed by atoms with Crippen LogP contribution in [0.15, 0.2) is 24.5 Å². The second-order valence-corrected chi connectivity index (χ2v) is 6.51. The number of nitrogens with one attached hydrogen (secondary N) is 2. The van der Waals surface area contributed by atoms with E-state index in [0.717, 1.165) is 18.8 Å². The van der Waals surface area contributed by atoms with Crippen LogP contribution in [-0.2, 0) is 4.79 Å². The van der Waals surface area contributed by atoms with Crippen molar-refractivity contribution >= 4 is 11.6 Å². The van der Waals surface area contributed by atoms with E-state index in [1.54, 1.807) is 0 Å². The monoisotopic (exact) mass is 358 g/mol. The number of allylic oxidation sites excluding steroid dienone is 1. The van der Waals surface area contributed by atoms with Crippen LogP contribution in [0.5, 0.6) is 6.01 Å². The van der Waals surface area contributed by atoms with Gasteiger partial charge in [0.05, 0.1) is 5.71 Å². The lowest BCUT2D eigenvalue weighted by atomic mass is 9.92. The smallest absolute Gasteiger partial charge is 0.422 e. The third-order valence-corrected chi connectivity index (χ3v) is 2.88. The molecule has 1 aromatic heterocycles. The van der Waals surface area contributed by atoms with Crippen molar-refractivity contribution in [3.8, 4) is 6.01 Å². The molecule has 0 aliphatic carbocycles. The Morgan fingerprint density at radius 3 is 2.36 bits per heavy atom. The number of hydrogen-bond donors (Lipinski definition) is 2. The Hall–Kier alpha value is -2.45. The number of hydrogen-bond acceptors (Lipinski definition) is 5. The Morgan fingerprint density at radius 1 is 1.24 bits per heavy atom. The standard InChI is InChI=1S/C16H21F3N4O2/c1-15(2,3)6-7-21-13(24)5-4-12(20)11-8-22-14(23-9-11)25-10-16(17,18)19/h4-5,8-9,20H,6-7,10H2,1-3H3,(H,21,24)/b5-4-,20-12?. The largest absolute Gasteiger partial charge is 0.454 e. The fourth-order valence-corrected chi connectivity index (χ4v) is 1.55. The highest BCUT2D eigenvalue weighted by Crippen LogP contribution is 2.17. The molecular weight excluding hydrogens is 337 g/mol. The van der Waals surface area contributed by atoms with Crippen molar-refractivity contribution in [3.05, 3.63) is 30.1 Å². The van der Waals surface area contributed by atoms with Gasteiger partial charge < -0.3 is 15.5 Å². The van der Waals surface area contributed by atoms with Gasteiger partial charge in [-0.25, -0.2) is 9.97 Å². The van der Waals surface area contributed by atoms with Crippen LogP contribution < -0.4 is 10.1 Å². The first-order valence-electron chi connectivity index (χ1n) is 7.53. The van der Waals surface area contributed by atoms with Gasteiger partial charge in [-0.15, -0.1) is 0 Å². The molecule has 0 saturated heterocycles. The quantitative estimate of drug-likeness (QED) is 0.579. The van der Waals surface area contributed by atoms with E-state index >= 15 is 0 Å². The van der Waals surface area contributed by atoms with Gasteiger partial charge in [-0.1, -0.05) is 20.8 Å². The van der Waals surface area contributed by atoms with Gasteiger partial charge in [-0.2, -0.15) is 13.2 Å². The summed E-state index contributed by atoms with van der Waals surface area (Å²) in [5.41, 5.74) is 0.309. The van der Waals surface area contributed by atoms with Crippen LogP contribution >= 0.6 is 0 Å². The Bertz CT molecular complexity index is 620. The molecule has 1 amide bonds. The molecule has 138 valence electrons. The number of ether oxygens (including phenoxy) is 1. The van der Waals surface area contributed by atoms with E-state index in [1.165, 1.54) is 12.2 Å². The van der Waals surface area contributed by atoms with Crippen molar-refractivity contribution in [2.45, 2.75) is 33.4 Å². The molecule has 25 heavy (non-hydrogen) atoms. The summed E-state index contributed by atoms with van der Waals surface area (Å²) in [6.45, 7) is 5.22. The fourth-order valence-electron chi connectivity index (χ4n) is 1.55. The molecule has 6 nitrogen and oxygen atoms in total. The van der Waals surface area contributed by atoms with Crippen LogP contribution in [0.4, 0.5) is 13.2 Å². The zero-order valence-electron chi connectivity index (χ0n) is 14.3. The van der Waals surface area contributed by atoms with Crippen LogP contribution in [0.2, 0.25) is 0 Å². The first-order chi connectivity index (χ1) is 11.5. The third-order valence-electron chi connectivity index (χ3n) is 2.88. The summed E-state index contributed by atoms with van der Waals surface area (Å²) in [5, 5.41) is 10.5. The second-order valence-electron chi connectivity index (χ2n) is 6.51. The SMILES string of the molecule is CC(C)(C)CCNC(=O)/C=C\C(=N)c1cnc(OCC(F)(F)F)nc1. The molecule has 0 aromatic carbocycles. The lowest BCUT2D eigenvalue weighted by molar-refractivity contribution is -0.154. The van der Waals surface area contributed by atoms with Gasteiger partial charge in [0.15, 0.2) is 6.61 Å². The number of halogens is 3. The summed E-state index contributed by atoms with van der Waals surface area (Å²) >= 11 is 0. The Morgan fingerprint density at radius 2 is 1.84 bits per heavy atom. The highest BCUT2D eigenvalue weighted by Gasteiger charge is 2.28. The van der Waals surface area contributed by atoms with E-state index in [4.69, 9.17) is 5.41 Å². The van der Waals surface area contributed by atoms with E-state index in [2.05, 4.69) is 40.8 Å². The summed E-state index contributed by atoms with van der Waals surface area (Å²) in [6.07, 6.45) is 1.13. The minimum Gasteiger partial charge on any atom is -0.454 e. The molecule has 0 aliphatic rings. The van der Waals surface area contributed by atoms with Crippen LogP contribution in [0.25, 0.3) is 0 Å². The van der Waals surface area contributed by atoms with Gasteiger partial charge in [-0.05, 0) is 17.9 Å². The average Bonchev–Trinajstić information content (AvgIpc) is 2.49. The lowest BCUT2D eigenvalue weighted by Gasteiger charge is -2.17. The van der Waals surface area contributed by atoms with E-state index in [1.807, 2.05) is 0 Å². The van der Waals surface area contributed by atoms with Crippen molar-refractivity contribution in [1.29, 1.82) is 5.41 Å². The number of amides is 1. The molecule has 0 spiro atoms. The van der Waals surface area contributed by atoms with Crippen LogP contribution in [0.3, 0.4) is 0 Å². The molecule has 0 bridgehead atoms. The lowest BCUT2D eigenvalue weighted by Crippen LogP contribution is -2.25. The fraction of sp³-hybridized carbons (Fsp3) is 0.500. The molecule has 2 N–H and O–H groups in total. The van der Waals surface area contributed by atoms with Gasteiger partial charge in [0.25, 0.3) is 0 Å². The van der Waals surface area contributed by atoms with Crippen LogP contribution in [-0.4, -0.2) is 40.9 Å². The van der Waals surface area contributed by atoms with E-state index in [0.29, 0.717) is 6.54 Å². The summed E-state index contributed by atoms with van der Waals surface area (Å²) in [7, 11) is 0. The summed E-state index contributed by atoms with van der Waals surface area (Å²) in [5.74, 6) is -0.333. The first-order valence-corrected chi connectivity index (χ1v) is 7.53. The van der Waals surface area contributed by atoms with Gasteiger partial charge in [-0.3, -0.25) is 4.79 Å². The molecule has 0 aliphatic heterocycles. The molecule has 0 atom stereocenters. The van der Waals surface area contributed by atoms with Crippen molar-refractivity contribution in [3.63, 3.8) is 0 Å². The minimum atomic E-state index is -4.47. The second kappa shape index (κ2) is 8.59. The first kappa shape index (κ1) is 20.6. The molecular formula is C16H21F3N4O2. The maximum atomic E-state index is 12.0. The maximum Gasteiger partial charge on any atom is 0.422 e. The summed E-state index contributed by atoms with van der Waals surface area (Å²) in [4.78, 5) is 18.8. The molecule has 0 unspecified atom stereocenters. The third kappa shape index (κ3) is 9.43. The number of aromatic nitrogens is 2. The van der Waals surface area contributed by atoms with Crippen LogP contribution in [0, 0.1) is 10.8 Å². The molecule has 0 radical (unpaired) electrons. The molecule has 0 fully saturated rings. The van der Waals surface area contributed by atoms with Crippen molar-refractivity contribution in [1.82, 2.24) is 15.3 Å². The van der Waals surface area contributed by atoms with Gasteiger partial charge in [0.1, 0.15) is 0 Å². The van der Waals surface area contributed by atoms with E-state index < -0.39 is 18.8 Å². The maximum absolute atomic E-state index is 12.0.